The lowest BCUT2D eigenvalue weighted by atomic mass is 10.0. The van der Waals surface area contributed by atoms with Crippen molar-refractivity contribution >= 4 is 32.2 Å². The second kappa shape index (κ2) is 6.92. The third-order valence-corrected chi connectivity index (χ3v) is 6.15. The molecule has 4 rings (SSSR count). The summed E-state index contributed by atoms with van der Waals surface area (Å²) in [5.74, 6) is 0.831. The summed E-state index contributed by atoms with van der Waals surface area (Å²) in [7, 11) is 0. The van der Waals surface area contributed by atoms with E-state index in [1.54, 1.807) is 0 Å². The molecule has 138 valence electrons. The van der Waals surface area contributed by atoms with Gasteiger partial charge in [0.2, 0.25) is 10.8 Å². The molecule has 0 radical (unpaired) electrons. The van der Waals surface area contributed by atoms with Gasteiger partial charge in [-0.05, 0) is 38.5 Å². The summed E-state index contributed by atoms with van der Waals surface area (Å²) in [6, 6.07) is 8.20. The second-order valence-corrected chi connectivity index (χ2v) is 8.73. The average molecular weight is 437 g/mol. The molecule has 8 heteroatoms. The maximum Gasteiger partial charge on any atom is 0.230 e. The number of morpholine rings is 1. The van der Waals surface area contributed by atoms with Crippen molar-refractivity contribution in [3.63, 3.8) is 0 Å². The molecule has 3 heterocycles. The molecule has 0 amide bonds. The molecule has 1 aliphatic rings. The Balaban J connectivity index is 1.82. The molecular weight excluding hydrogens is 416 g/mol. The smallest absolute Gasteiger partial charge is 0.230 e. The third kappa shape index (κ3) is 3.26. The van der Waals surface area contributed by atoms with E-state index in [0.717, 1.165) is 28.0 Å². The molecule has 26 heavy (non-hydrogen) atoms. The van der Waals surface area contributed by atoms with Crippen LogP contribution in [-0.2, 0) is 4.74 Å². The van der Waals surface area contributed by atoms with Gasteiger partial charge in [0.1, 0.15) is 5.82 Å². The molecule has 1 fully saturated rings. The molecule has 3 aromatic rings. The summed E-state index contributed by atoms with van der Waals surface area (Å²) in [4.78, 5) is 8.37. The van der Waals surface area contributed by atoms with Crippen molar-refractivity contribution < 1.29 is 9.84 Å². The number of hydrogen-bond donors (Lipinski definition) is 1. The highest BCUT2D eigenvalue weighted by atomic mass is 79.9. The minimum Gasteiger partial charge on any atom is -0.492 e. The lowest BCUT2D eigenvalue weighted by Gasteiger charge is -2.40. The van der Waals surface area contributed by atoms with Crippen LogP contribution in [-0.4, -0.2) is 49.9 Å². The lowest BCUT2D eigenvalue weighted by Crippen LogP contribution is -2.47. The number of aryl methyl sites for hydroxylation is 1. The van der Waals surface area contributed by atoms with Crippen molar-refractivity contribution in [2.45, 2.75) is 39.0 Å². The van der Waals surface area contributed by atoms with Crippen molar-refractivity contribution in [2.75, 3.05) is 13.1 Å². The summed E-state index contributed by atoms with van der Waals surface area (Å²) in [6.45, 7) is 7.62. The van der Waals surface area contributed by atoms with Gasteiger partial charge in [-0.15, -0.1) is 5.10 Å². The molecule has 1 aromatic carbocycles. The molecule has 0 bridgehead atoms. The number of fused-ring (bicyclic) bond motifs is 1. The lowest BCUT2D eigenvalue weighted by molar-refractivity contribution is -0.0764. The first-order chi connectivity index (χ1) is 12.4. The molecule has 3 atom stereocenters. The van der Waals surface area contributed by atoms with Crippen LogP contribution in [0.3, 0.4) is 0 Å². The number of aromatic hydroxyl groups is 1. The van der Waals surface area contributed by atoms with Crippen LogP contribution in [0.5, 0.6) is 5.88 Å². The van der Waals surface area contributed by atoms with E-state index in [4.69, 9.17) is 4.74 Å². The zero-order valence-corrected chi connectivity index (χ0v) is 17.3. The Hall–Kier alpha value is -1.48. The SMILES string of the molecule is Cc1nc2sc([C@H](c3ccc(Br)cc3)N3C[C@@H](C)O[C@@H](C)C3)c(O)n2n1. The van der Waals surface area contributed by atoms with Crippen LogP contribution in [0.4, 0.5) is 0 Å². The van der Waals surface area contributed by atoms with Crippen molar-refractivity contribution in [1.82, 2.24) is 19.5 Å². The number of aromatic nitrogens is 3. The van der Waals surface area contributed by atoms with Crippen LogP contribution < -0.4 is 0 Å². The van der Waals surface area contributed by atoms with Gasteiger partial charge in [0.15, 0.2) is 0 Å². The van der Waals surface area contributed by atoms with Crippen LogP contribution >= 0.6 is 27.3 Å². The highest BCUT2D eigenvalue weighted by Gasteiger charge is 2.34. The number of thiazole rings is 1. The number of hydrogen-bond acceptors (Lipinski definition) is 6. The zero-order chi connectivity index (χ0) is 18.4. The first kappa shape index (κ1) is 17.9. The van der Waals surface area contributed by atoms with Crippen molar-refractivity contribution in [2.24, 2.45) is 0 Å². The minimum absolute atomic E-state index is 0.0642. The van der Waals surface area contributed by atoms with Gasteiger partial charge in [-0.3, -0.25) is 4.90 Å². The molecule has 6 nitrogen and oxygen atoms in total. The van der Waals surface area contributed by atoms with E-state index in [-0.39, 0.29) is 24.1 Å². The summed E-state index contributed by atoms with van der Waals surface area (Å²) in [6.07, 6.45) is 0.284. The van der Waals surface area contributed by atoms with Crippen LogP contribution in [0.25, 0.3) is 4.96 Å². The fourth-order valence-corrected chi connectivity index (χ4v) is 5.05. The molecule has 0 spiro atoms. The predicted molar refractivity (Wildman–Crippen MR) is 105 cm³/mol. The summed E-state index contributed by atoms with van der Waals surface area (Å²) < 4.78 is 8.48. The molecule has 2 aromatic heterocycles. The summed E-state index contributed by atoms with van der Waals surface area (Å²) >= 11 is 5.00. The normalized spacial score (nSPS) is 22.8. The van der Waals surface area contributed by atoms with Gasteiger partial charge in [0.25, 0.3) is 0 Å². The molecule has 1 saturated heterocycles. The van der Waals surface area contributed by atoms with Gasteiger partial charge in [-0.2, -0.15) is 4.52 Å². The molecular formula is C18H21BrN4O2S. The molecule has 1 aliphatic heterocycles. The number of ether oxygens (including phenoxy) is 1. The topological polar surface area (TPSA) is 62.9 Å². The highest BCUT2D eigenvalue weighted by molar-refractivity contribution is 9.10. The largest absolute Gasteiger partial charge is 0.492 e. The van der Waals surface area contributed by atoms with Gasteiger partial charge in [0, 0.05) is 17.6 Å². The van der Waals surface area contributed by atoms with Crippen molar-refractivity contribution in [3.05, 3.63) is 45.0 Å². The Morgan fingerprint density at radius 1 is 1.23 bits per heavy atom. The van der Waals surface area contributed by atoms with Gasteiger partial charge in [0.05, 0.1) is 23.1 Å². The van der Waals surface area contributed by atoms with Crippen molar-refractivity contribution in [1.29, 1.82) is 0 Å². The number of nitrogens with zero attached hydrogens (tertiary/aromatic N) is 4. The maximum absolute atomic E-state index is 10.9. The fourth-order valence-electron chi connectivity index (χ4n) is 3.63. The van der Waals surface area contributed by atoms with Crippen LogP contribution in [0, 0.1) is 6.92 Å². The van der Waals surface area contributed by atoms with Crippen LogP contribution in [0.1, 0.15) is 36.2 Å². The molecule has 0 aliphatic carbocycles. The predicted octanol–water partition coefficient (Wildman–Crippen LogP) is 3.77. The van der Waals surface area contributed by atoms with Gasteiger partial charge < -0.3 is 9.84 Å². The number of halogens is 1. The van der Waals surface area contributed by atoms with Gasteiger partial charge >= 0.3 is 0 Å². The Bertz CT molecular complexity index is 913. The fraction of sp³-hybridized carbons (Fsp3) is 0.444. The van der Waals surface area contributed by atoms with Gasteiger partial charge in [-0.25, -0.2) is 4.98 Å². The Morgan fingerprint density at radius 2 is 1.88 bits per heavy atom. The van der Waals surface area contributed by atoms with E-state index in [0.29, 0.717) is 10.8 Å². The first-order valence-corrected chi connectivity index (χ1v) is 10.2. The van der Waals surface area contributed by atoms with E-state index < -0.39 is 0 Å². The van der Waals surface area contributed by atoms with Crippen LogP contribution in [0.15, 0.2) is 28.7 Å². The van der Waals surface area contributed by atoms with E-state index >= 15 is 0 Å². The summed E-state index contributed by atoms with van der Waals surface area (Å²) in [5.41, 5.74) is 1.13. The Kier molecular flexibility index (Phi) is 4.77. The maximum atomic E-state index is 10.9. The average Bonchev–Trinajstić information content (AvgIpc) is 3.07. The standard InChI is InChI=1S/C18H21BrN4O2S/c1-10-8-22(9-11(2)25-10)15(13-4-6-14(19)7-5-13)16-17(24)23-18(26-16)20-12(3)21-23/h4-7,10-11,15,24H,8-9H2,1-3H3/t10-,11+,15-/m0/s1. The quantitative estimate of drug-likeness (QED) is 0.676. The molecule has 0 saturated carbocycles. The molecule has 0 unspecified atom stereocenters. The van der Waals surface area contributed by atoms with E-state index in [9.17, 15) is 5.11 Å². The third-order valence-electron chi connectivity index (χ3n) is 4.55. The number of benzene rings is 1. The zero-order valence-electron chi connectivity index (χ0n) is 14.9. The van der Waals surface area contributed by atoms with E-state index in [1.165, 1.54) is 15.9 Å². The Morgan fingerprint density at radius 3 is 2.50 bits per heavy atom. The van der Waals surface area contributed by atoms with Gasteiger partial charge in [-0.1, -0.05) is 39.4 Å². The number of rotatable bonds is 3. The van der Waals surface area contributed by atoms with Crippen LogP contribution in [0.2, 0.25) is 0 Å². The second-order valence-electron chi connectivity index (χ2n) is 6.81. The highest BCUT2D eigenvalue weighted by Crippen LogP contribution is 2.41. The first-order valence-electron chi connectivity index (χ1n) is 8.62. The van der Waals surface area contributed by atoms with Crippen molar-refractivity contribution in [3.8, 4) is 5.88 Å². The Labute approximate surface area is 164 Å². The molecule has 1 N–H and O–H groups in total. The summed E-state index contributed by atoms with van der Waals surface area (Å²) in [5, 5.41) is 15.2. The van der Waals surface area contributed by atoms with E-state index in [1.807, 2.05) is 19.1 Å². The monoisotopic (exact) mass is 436 g/mol. The minimum atomic E-state index is -0.0642. The van der Waals surface area contributed by atoms with E-state index in [2.05, 4.69) is 56.9 Å².